The first-order chi connectivity index (χ1) is 9.94. The van der Waals surface area contributed by atoms with Crippen LogP contribution >= 0.6 is 0 Å². The van der Waals surface area contributed by atoms with Gasteiger partial charge in [0.1, 0.15) is 0 Å². The van der Waals surface area contributed by atoms with Crippen molar-refractivity contribution in [2.75, 3.05) is 11.9 Å². The van der Waals surface area contributed by atoms with Crippen molar-refractivity contribution < 1.29 is 13.2 Å². The van der Waals surface area contributed by atoms with Gasteiger partial charge >= 0.3 is 0 Å². The number of sulfonamides is 1. The molecule has 0 spiro atoms. The second-order valence-corrected chi connectivity index (χ2v) is 6.95. The van der Waals surface area contributed by atoms with Gasteiger partial charge in [-0.25, -0.2) is 13.1 Å². The molecule has 1 aliphatic carbocycles. The molecule has 0 bridgehead atoms. The van der Waals surface area contributed by atoms with E-state index in [4.69, 9.17) is 0 Å². The van der Waals surface area contributed by atoms with Gasteiger partial charge in [-0.2, -0.15) is 0 Å². The van der Waals surface area contributed by atoms with E-state index in [0.717, 1.165) is 18.4 Å². The van der Waals surface area contributed by atoms with Crippen LogP contribution in [-0.2, 0) is 14.8 Å². The first-order valence-corrected chi connectivity index (χ1v) is 8.50. The van der Waals surface area contributed by atoms with Crippen molar-refractivity contribution in [3.63, 3.8) is 0 Å². The van der Waals surface area contributed by atoms with E-state index >= 15 is 0 Å². The van der Waals surface area contributed by atoms with E-state index < -0.39 is 10.0 Å². The molecule has 1 unspecified atom stereocenters. The summed E-state index contributed by atoms with van der Waals surface area (Å²) in [6.07, 6.45) is 2.42. The highest BCUT2D eigenvalue weighted by atomic mass is 32.2. The van der Waals surface area contributed by atoms with Crippen LogP contribution in [0.2, 0.25) is 0 Å². The van der Waals surface area contributed by atoms with Crippen LogP contribution in [0.3, 0.4) is 0 Å². The summed E-state index contributed by atoms with van der Waals surface area (Å²) in [7, 11) is -3.53. The zero-order valence-corrected chi connectivity index (χ0v) is 12.9. The lowest BCUT2D eigenvalue weighted by atomic mass is 10.3. The number of hydrogen-bond donors (Lipinski definition) is 2. The predicted molar refractivity (Wildman–Crippen MR) is 82.4 cm³/mol. The van der Waals surface area contributed by atoms with E-state index in [-0.39, 0.29) is 16.7 Å². The Morgan fingerprint density at radius 3 is 2.76 bits per heavy atom. The topological polar surface area (TPSA) is 75.3 Å². The van der Waals surface area contributed by atoms with Crippen LogP contribution in [0.1, 0.15) is 26.2 Å². The molecule has 0 aliphatic heterocycles. The van der Waals surface area contributed by atoms with Gasteiger partial charge in [-0.3, -0.25) is 4.79 Å². The van der Waals surface area contributed by atoms with Crippen molar-refractivity contribution in [1.29, 1.82) is 0 Å². The summed E-state index contributed by atoms with van der Waals surface area (Å²) in [6, 6.07) is 6.27. The maximum Gasteiger partial charge on any atom is 0.240 e. The minimum absolute atomic E-state index is 0.131. The highest BCUT2D eigenvalue weighted by Crippen LogP contribution is 2.36. The van der Waals surface area contributed by atoms with Gasteiger partial charge in [0.05, 0.1) is 10.8 Å². The predicted octanol–water partition coefficient (Wildman–Crippen LogP) is 2.28. The summed E-state index contributed by atoms with van der Waals surface area (Å²) >= 11 is 0. The first-order valence-electron chi connectivity index (χ1n) is 7.02. The minimum Gasteiger partial charge on any atom is -0.326 e. The number of unbranched alkanes of at least 4 members (excludes halogenated alkanes) is 1. The molecule has 1 aromatic rings. The average Bonchev–Trinajstić information content (AvgIpc) is 3.16. The van der Waals surface area contributed by atoms with Crippen molar-refractivity contribution in [2.24, 2.45) is 5.92 Å². The summed E-state index contributed by atoms with van der Waals surface area (Å²) in [5.41, 5.74) is 1.40. The molecule has 6 heteroatoms. The van der Waals surface area contributed by atoms with E-state index in [2.05, 4.69) is 16.6 Å². The summed E-state index contributed by atoms with van der Waals surface area (Å²) in [5, 5.41) is 2.72. The average molecular weight is 308 g/mol. The second-order valence-electron chi connectivity index (χ2n) is 5.18. The molecule has 1 amide bonds. The molecule has 114 valence electrons. The molecule has 0 aromatic heterocycles. The molecule has 2 N–H and O–H groups in total. The van der Waals surface area contributed by atoms with Gasteiger partial charge in [0, 0.05) is 12.2 Å². The smallest absolute Gasteiger partial charge is 0.240 e. The fraction of sp³-hybridized carbons (Fsp3) is 0.400. The lowest BCUT2D eigenvalue weighted by Crippen LogP contribution is -2.25. The van der Waals surface area contributed by atoms with Crippen LogP contribution in [0.4, 0.5) is 5.69 Å². The summed E-state index contributed by atoms with van der Waals surface area (Å²) in [6.45, 7) is 6.15. The standard InChI is InChI=1S/C15H20N2O3S/c1-3-4-8-16-21(19,20)13-7-5-6-12(10-13)17-15(18)14-9-11(14)2/h5-7,10,14,16H,2-4,8-9H2,1H3,(H,17,18). The lowest BCUT2D eigenvalue weighted by molar-refractivity contribution is -0.117. The molecule has 5 nitrogen and oxygen atoms in total. The number of nitrogens with one attached hydrogen (secondary N) is 2. The normalized spacial score (nSPS) is 17.6. The third-order valence-electron chi connectivity index (χ3n) is 3.35. The van der Waals surface area contributed by atoms with Gasteiger partial charge in [0.25, 0.3) is 0 Å². The van der Waals surface area contributed by atoms with Crippen LogP contribution in [0.25, 0.3) is 0 Å². The number of benzene rings is 1. The molecule has 0 heterocycles. The minimum atomic E-state index is -3.53. The fourth-order valence-electron chi connectivity index (χ4n) is 1.92. The molecule has 1 saturated carbocycles. The number of amides is 1. The molecular weight excluding hydrogens is 288 g/mol. The number of rotatable bonds is 7. The van der Waals surface area contributed by atoms with Gasteiger partial charge in [0.15, 0.2) is 0 Å². The highest BCUT2D eigenvalue weighted by molar-refractivity contribution is 7.89. The Bertz CT molecular complexity index is 653. The van der Waals surface area contributed by atoms with Crippen LogP contribution in [0, 0.1) is 5.92 Å². The van der Waals surface area contributed by atoms with Crippen LogP contribution in [-0.4, -0.2) is 20.9 Å². The summed E-state index contributed by atoms with van der Waals surface area (Å²) < 4.78 is 26.8. The van der Waals surface area contributed by atoms with Gasteiger partial charge in [-0.05, 0) is 31.0 Å². The van der Waals surface area contributed by atoms with Gasteiger partial charge < -0.3 is 5.32 Å². The molecule has 1 fully saturated rings. The molecule has 1 aromatic carbocycles. The fourth-order valence-corrected chi connectivity index (χ4v) is 3.04. The Hall–Kier alpha value is -1.66. The van der Waals surface area contributed by atoms with Crippen molar-refractivity contribution in [1.82, 2.24) is 4.72 Å². The molecule has 21 heavy (non-hydrogen) atoms. The summed E-state index contributed by atoms with van der Waals surface area (Å²) in [4.78, 5) is 12.0. The quantitative estimate of drug-likeness (QED) is 0.599. The zero-order chi connectivity index (χ0) is 15.5. The third-order valence-corrected chi connectivity index (χ3v) is 4.81. The van der Waals surface area contributed by atoms with Crippen molar-refractivity contribution in [3.8, 4) is 0 Å². The number of carbonyl (C=O) groups is 1. The van der Waals surface area contributed by atoms with E-state index in [1.54, 1.807) is 12.1 Å². The van der Waals surface area contributed by atoms with Crippen molar-refractivity contribution in [3.05, 3.63) is 36.4 Å². The molecule has 2 rings (SSSR count). The second kappa shape index (κ2) is 6.41. The molecule has 1 aliphatic rings. The monoisotopic (exact) mass is 308 g/mol. The van der Waals surface area contributed by atoms with E-state index in [9.17, 15) is 13.2 Å². The Balaban J connectivity index is 2.06. The number of anilines is 1. The van der Waals surface area contributed by atoms with Crippen LogP contribution < -0.4 is 10.0 Å². The van der Waals surface area contributed by atoms with Gasteiger partial charge in [-0.15, -0.1) is 0 Å². The highest BCUT2D eigenvalue weighted by Gasteiger charge is 2.34. The Kier molecular flexibility index (Phi) is 4.80. The number of carbonyl (C=O) groups excluding carboxylic acids is 1. The Labute approximate surface area is 125 Å². The molecular formula is C15H20N2O3S. The number of hydrogen-bond acceptors (Lipinski definition) is 3. The molecule has 0 radical (unpaired) electrons. The Morgan fingerprint density at radius 1 is 1.43 bits per heavy atom. The van der Waals surface area contributed by atoms with Crippen LogP contribution in [0.5, 0.6) is 0 Å². The van der Waals surface area contributed by atoms with Gasteiger partial charge in [0.2, 0.25) is 15.9 Å². The SMILES string of the molecule is C=C1CC1C(=O)Nc1cccc(S(=O)(=O)NCCCC)c1. The zero-order valence-electron chi connectivity index (χ0n) is 12.1. The van der Waals surface area contributed by atoms with E-state index in [1.165, 1.54) is 12.1 Å². The Morgan fingerprint density at radius 2 is 2.14 bits per heavy atom. The van der Waals surface area contributed by atoms with E-state index in [1.807, 2.05) is 6.92 Å². The molecule has 1 atom stereocenters. The van der Waals surface area contributed by atoms with Crippen molar-refractivity contribution >= 4 is 21.6 Å². The molecule has 0 saturated heterocycles. The van der Waals surface area contributed by atoms with E-state index in [0.29, 0.717) is 18.7 Å². The third kappa shape index (κ3) is 4.15. The lowest BCUT2D eigenvalue weighted by Gasteiger charge is -2.09. The first kappa shape index (κ1) is 15.7. The largest absolute Gasteiger partial charge is 0.326 e. The van der Waals surface area contributed by atoms with Gasteiger partial charge in [-0.1, -0.05) is 31.6 Å². The maximum atomic E-state index is 12.1. The maximum absolute atomic E-state index is 12.1. The summed E-state index contributed by atoms with van der Waals surface area (Å²) in [5.74, 6) is -0.263. The van der Waals surface area contributed by atoms with Crippen LogP contribution in [0.15, 0.2) is 41.3 Å². The van der Waals surface area contributed by atoms with Crippen molar-refractivity contribution in [2.45, 2.75) is 31.1 Å².